The summed E-state index contributed by atoms with van der Waals surface area (Å²) in [6.45, 7) is 3.15. The fourth-order valence-electron chi connectivity index (χ4n) is 5.04. The summed E-state index contributed by atoms with van der Waals surface area (Å²) in [5.41, 5.74) is 2.39. The zero-order chi connectivity index (χ0) is 19.6. The lowest BCUT2D eigenvalue weighted by Gasteiger charge is -2.25. The highest BCUT2D eigenvalue weighted by atomic mass is 16.5. The van der Waals surface area contributed by atoms with Crippen molar-refractivity contribution in [2.45, 2.75) is 25.5 Å². The molecule has 2 aromatic rings. The second-order valence-electron chi connectivity index (χ2n) is 8.54. The van der Waals surface area contributed by atoms with Crippen molar-refractivity contribution in [3.05, 3.63) is 77.9 Å². The molecule has 150 valence electrons. The number of carbonyl (C=O) groups excluding carboxylic acids is 1. The Labute approximate surface area is 172 Å². The molecular formula is C25H28N2O2. The van der Waals surface area contributed by atoms with Gasteiger partial charge in [0, 0.05) is 37.7 Å². The van der Waals surface area contributed by atoms with Gasteiger partial charge in [-0.05, 0) is 36.3 Å². The normalized spacial score (nSPS) is 27.9. The lowest BCUT2D eigenvalue weighted by atomic mass is 9.93. The van der Waals surface area contributed by atoms with Crippen LogP contribution in [0.25, 0.3) is 0 Å². The molecule has 0 radical (unpaired) electrons. The van der Waals surface area contributed by atoms with Crippen LogP contribution in [0.3, 0.4) is 0 Å². The minimum atomic E-state index is -0.00810. The van der Waals surface area contributed by atoms with Gasteiger partial charge in [-0.1, -0.05) is 60.7 Å². The van der Waals surface area contributed by atoms with Gasteiger partial charge >= 0.3 is 0 Å². The molecule has 2 aliphatic carbocycles. The average molecular weight is 389 g/mol. The molecule has 1 amide bonds. The Kier molecular flexibility index (Phi) is 5.11. The largest absolute Gasteiger partial charge is 0.484 e. The minimum Gasteiger partial charge on any atom is -0.484 e. The number of nitrogens with one attached hydrogen (secondary N) is 1. The molecule has 1 unspecified atom stereocenters. The maximum absolute atomic E-state index is 12.6. The predicted molar refractivity (Wildman–Crippen MR) is 113 cm³/mol. The maximum Gasteiger partial charge on any atom is 0.223 e. The third kappa shape index (κ3) is 3.95. The monoisotopic (exact) mass is 388 g/mol. The van der Waals surface area contributed by atoms with E-state index in [4.69, 9.17) is 4.74 Å². The first-order valence-electron chi connectivity index (χ1n) is 10.7. The van der Waals surface area contributed by atoms with Crippen LogP contribution in [-0.4, -0.2) is 30.4 Å². The Hall–Kier alpha value is -2.59. The van der Waals surface area contributed by atoms with E-state index in [1.165, 1.54) is 11.1 Å². The summed E-state index contributed by atoms with van der Waals surface area (Å²) in [5, 5.41) is 3.20. The lowest BCUT2D eigenvalue weighted by molar-refractivity contribution is -0.125. The highest BCUT2D eigenvalue weighted by Gasteiger charge is 2.39. The van der Waals surface area contributed by atoms with Crippen molar-refractivity contribution >= 4 is 5.91 Å². The fraction of sp³-hybridized carbons (Fsp3) is 0.400. The van der Waals surface area contributed by atoms with E-state index in [0.717, 1.165) is 38.2 Å². The van der Waals surface area contributed by atoms with Crippen LogP contribution in [0.15, 0.2) is 66.7 Å². The molecule has 4 nitrogen and oxygen atoms in total. The molecule has 3 aliphatic rings. The summed E-state index contributed by atoms with van der Waals surface area (Å²) in [7, 11) is 0. The van der Waals surface area contributed by atoms with Gasteiger partial charge in [0.15, 0.2) is 0 Å². The van der Waals surface area contributed by atoms with Gasteiger partial charge in [-0.2, -0.15) is 0 Å². The number of hydrogen-bond acceptors (Lipinski definition) is 3. The van der Waals surface area contributed by atoms with Gasteiger partial charge in [0.1, 0.15) is 11.9 Å². The first kappa shape index (κ1) is 18.4. The van der Waals surface area contributed by atoms with Crippen LogP contribution >= 0.6 is 0 Å². The molecule has 1 heterocycles. The lowest BCUT2D eigenvalue weighted by Crippen LogP contribution is -2.39. The third-order valence-corrected chi connectivity index (χ3v) is 6.57. The van der Waals surface area contributed by atoms with Gasteiger partial charge in [-0.3, -0.25) is 9.69 Å². The van der Waals surface area contributed by atoms with Gasteiger partial charge in [0.05, 0.1) is 0 Å². The molecule has 2 aromatic carbocycles. The van der Waals surface area contributed by atoms with Crippen LogP contribution in [-0.2, 0) is 11.3 Å². The summed E-state index contributed by atoms with van der Waals surface area (Å²) >= 11 is 0. The van der Waals surface area contributed by atoms with E-state index in [0.29, 0.717) is 18.4 Å². The van der Waals surface area contributed by atoms with Crippen LogP contribution in [0.4, 0.5) is 0 Å². The van der Waals surface area contributed by atoms with Gasteiger partial charge in [0.25, 0.3) is 0 Å². The highest BCUT2D eigenvalue weighted by molar-refractivity contribution is 5.79. The first-order chi connectivity index (χ1) is 14.3. The highest BCUT2D eigenvalue weighted by Crippen LogP contribution is 2.43. The van der Waals surface area contributed by atoms with E-state index >= 15 is 0 Å². The van der Waals surface area contributed by atoms with E-state index < -0.39 is 0 Å². The summed E-state index contributed by atoms with van der Waals surface area (Å²) in [6.07, 6.45) is 6.70. The van der Waals surface area contributed by atoms with Crippen LogP contribution in [0.5, 0.6) is 5.75 Å². The number of fused-ring (bicyclic) bond motifs is 3. The Morgan fingerprint density at radius 2 is 1.86 bits per heavy atom. The van der Waals surface area contributed by atoms with E-state index in [-0.39, 0.29) is 17.9 Å². The smallest absolute Gasteiger partial charge is 0.223 e. The van der Waals surface area contributed by atoms with Gasteiger partial charge in [0.2, 0.25) is 5.91 Å². The predicted octanol–water partition coefficient (Wildman–Crippen LogP) is 3.95. The molecule has 0 aromatic heterocycles. The molecule has 4 atom stereocenters. The van der Waals surface area contributed by atoms with Crippen molar-refractivity contribution < 1.29 is 9.53 Å². The van der Waals surface area contributed by atoms with E-state index in [9.17, 15) is 4.79 Å². The zero-order valence-corrected chi connectivity index (χ0v) is 16.7. The van der Waals surface area contributed by atoms with Crippen molar-refractivity contribution in [2.24, 2.45) is 17.8 Å². The van der Waals surface area contributed by atoms with Crippen molar-refractivity contribution in [3.63, 3.8) is 0 Å². The standard InChI is InChI=1S/C25H28N2O2/c28-25(22-15-18-10-11-20(22)14-18)26-12-13-27-16-21-8-4-5-9-23(21)29-24(17-27)19-6-2-1-3-7-19/h1-11,18,20,22,24H,12-17H2,(H,26,28)/t18-,20+,22+,24?/m1/s1. The maximum atomic E-state index is 12.6. The molecule has 2 bridgehead atoms. The quantitative estimate of drug-likeness (QED) is 0.789. The van der Waals surface area contributed by atoms with Crippen LogP contribution in [0, 0.1) is 17.8 Å². The third-order valence-electron chi connectivity index (χ3n) is 6.57. The van der Waals surface area contributed by atoms with Crippen molar-refractivity contribution in [2.75, 3.05) is 19.6 Å². The summed E-state index contributed by atoms with van der Waals surface area (Å²) in [6, 6.07) is 18.7. The molecule has 5 rings (SSSR count). The molecular weight excluding hydrogens is 360 g/mol. The SMILES string of the molecule is O=C(NCCN1Cc2ccccc2OC(c2ccccc2)C1)[C@H]1C[C@@H]2C=C[C@H]1C2. The Morgan fingerprint density at radius 3 is 2.66 bits per heavy atom. The fourth-order valence-corrected chi connectivity index (χ4v) is 5.04. The van der Waals surface area contributed by atoms with E-state index in [1.54, 1.807) is 0 Å². The Morgan fingerprint density at radius 1 is 1.03 bits per heavy atom. The molecule has 1 aliphatic heterocycles. The number of amides is 1. The Bertz CT molecular complexity index is 895. The number of allylic oxidation sites excluding steroid dienone is 2. The van der Waals surface area contributed by atoms with Crippen LogP contribution < -0.4 is 10.1 Å². The van der Waals surface area contributed by atoms with Gasteiger partial charge in [-0.15, -0.1) is 0 Å². The summed E-state index contributed by atoms with van der Waals surface area (Å²) < 4.78 is 6.38. The zero-order valence-electron chi connectivity index (χ0n) is 16.7. The number of nitrogens with zero attached hydrogens (tertiary/aromatic N) is 1. The molecule has 1 saturated carbocycles. The van der Waals surface area contributed by atoms with Gasteiger partial charge < -0.3 is 10.1 Å². The average Bonchev–Trinajstić information content (AvgIpc) is 3.33. The van der Waals surface area contributed by atoms with Crippen molar-refractivity contribution in [1.82, 2.24) is 10.2 Å². The second-order valence-corrected chi connectivity index (χ2v) is 8.54. The number of ether oxygens (including phenoxy) is 1. The topological polar surface area (TPSA) is 41.6 Å². The first-order valence-corrected chi connectivity index (χ1v) is 10.7. The molecule has 1 N–H and O–H groups in total. The van der Waals surface area contributed by atoms with Crippen LogP contribution in [0.1, 0.15) is 30.1 Å². The van der Waals surface area contributed by atoms with Gasteiger partial charge in [-0.25, -0.2) is 0 Å². The number of rotatable bonds is 5. The summed E-state index contributed by atoms with van der Waals surface area (Å²) in [4.78, 5) is 15.0. The molecule has 29 heavy (non-hydrogen) atoms. The molecule has 0 saturated heterocycles. The van der Waals surface area contributed by atoms with E-state index in [2.05, 4.69) is 64.8 Å². The minimum absolute atomic E-state index is 0.00810. The molecule has 4 heteroatoms. The number of hydrogen-bond donors (Lipinski definition) is 1. The molecule has 0 spiro atoms. The molecule has 1 fully saturated rings. The Balaban J connectivity index is 1.24. The second kappa shape index (κ2) is 8.03. The number of para-hydroxylation sites is 1. The number of benzene rings is 2. The van der Waals surface area contributed by atoms with Crippen molar-refractivity contribution in [1.29, 1.82) is 0 Å². The number of carbonyl (C=O) groups is 1. The summed E-state index contributed by atoms with van der Waals surface area (Å²) in [5.74, 6) is 2.45. The van der Waals surface area contributed by atoms with Crippen LogP contribution in [0.2, 0.25) is 0 Å². The van der Waals surface area contributed by atoms with Crippen molar-refractivity contribution in [3.8, 4) is 5.75 Å². The van der Waals surface area contributed by atoms with E-state index in [1.807, 2.05) is 12.1 Å².